The average Bonchev–Trinajstić information content (AvgIpc) is 2.88. The van der Waals surface area contributed by atoms with Gasteiger partial charge in [-0.3, -0.25) is 14.7 Å². The molecule has 0 aliphatic carbocycles. The Morgan fingerprint density at radius 3 is 2.67 bits per heavy atom. The molecule has 0 unspecified atom stereocenters. The fourth-order valence-corrected chi connectivity index (χ4v) is 3.52. The molecule has 1 aliphatic rings. The molecule has 1 aliphatic heterocycles. The van der Waals surface area contributed by atoms with E-state index in [9.17, 15) is 9.59 Å². The third-order valence-electron chi connectivity index (χ3n) is 3.35. The first-order valence-electron chi connectivity index (χ1n) is 6.97. The van der Waals surface area contributed by atoms with Crippen LogP contribution >= 0.6 is 24.0 Å². The van der Waals surface area contributed by atoms with E-state index >= 15 is 0 Å². The lowest BCUT2D eigenvalue weighted by Crippen LogP contribution is -2.29. The highest BCUT2D eigenvalue weighted by Crippen LogP contribution is 2.37. The molecule has 2 heterocycles. The molecule has 1 saturated heterocycles. The van der Waals surface area contributed by atoms with Crippen LogP contribution < -0.4 is 4.90 Å². The standard InChI is InChI=1S/C17H12N2O3S2/c1-22-16(21)12-4-2-3-5-13(12)19-15(20)14(24-17(19)23)10-11-6-8-18-9-7-11/h2-10H,1H3/b14-10-. The van der Waals surface area contributed by atoms with Gasteiger partial charge in [0, 0.05) is 12.4 Å². The van der Waals surface area contributed by atoms with Crippen molar-refractivity contribution in [2.24, 2.45) is 0 Å². The van der Waals surface area contributed by atoms with E-state index in [0.29, 0.717) is 20.5 Å². The number of hydrogen-bond donors (Lipinski definition) is 0. The lowest BCUT2D eigenvalue weighted by atomic mass is 10.1. The summed E-state index contributed by atoms with van der Waals surface area (Å²) in [6, 6.07) is 10.3. The highest BCUT2D eigenvalue weighted by Gasteiger charge is 2.35. The first kappa shape index (κ1) is 16.4. The first-order valence-corrected chi connectivity index (χ1v) is 8.19. The summed E-state index contributed by atoms with van der Waals surface area (Å²) in [5, 5.41) is 0. The minimum Gasteiger partial charge on any atom is -0.465 e. The summed E-state index contributed by atoms with van der Waals surface area (Å²) in [4.78, 5) is 30.5. The summed E-state index contributed by atoms with van der Waals surface area (Å²) in [5.74, 6) is -0.782. The van der Waals surface area contributed by atoms with Gasteiger partial charge >= 0.3 is 5.97 Å². The number of anilines is 1. The fourth-order valence-electron chi connectivity index (χ4n) is 2.24. The molecule has 7 heteroatoms. The maximum absolute atomic E-state index is 12.8. The van der Waals surface area contributed by atoms with Gasteiger partial charge in [-0.2, -0.15) is 0 Å². The zero-order chi connectivity index (χ0) is 17.1. The van der Waals surface area contributed by atoms with Crippen molar-refractivity contribution in [3.8, 4) is 0 Å². The summed E-state index contributed by atoms with van der Waals surface area (Å²) in [6.07, 6.45) is 5.06. The number of esters is 1. The number of nitrogens with zero attached hydrogens (tertiary/aromatic N) is 2. The number of para-hydroxylation sites is 1. The van der Waals surface area contributed by atoms with Crippen molar-refractivity contribution in [3.05, 3.63) is 64.8 Å². The van der Waals surface area contributed by atoms with Crippen LogP contribution in [0.3, 0.4) is 0 Å². The van der Waals surface area contributed by atoms with E-state index in [1.807, 2.05) is 0 Å². The minimum absolute atomic E-state index is 0.266. The molecular weight excluding hydrogens is 344 g/mol. The number of rotatable bonds is 3. The normalized spacial score (nSPS) is 15.9. The predicted octanol–water partition coefficient (Wildman–Crippen LogP) is 3.27. The summed E-state index contributed by atoms with van der Waals surface area (Å²) >= 11 is 6.53. The van der Waals surface area contributed by atoms with Crippen molar-refractivity contribution in [1.82, 2.24) is 4.98 Å². The summed E-state index contributed by atoms with van der Waals surface area (Å²) in [5.41, 5.74) is 1.57. The van der Waals surface area contributed by atoms with E-state index in [0.717, 1.165) is 5.56 Å². The van der Waals surface area contributed by atoms with Gasteiger partial charge in [0.15, 0.2) is 4.32 Å². The molecule has 0 bridgehead atoms. The second-order valence-corrected chi connectivity index (χ2v) is 6.48. The fraction of sp³-hybridized carbons (Fsp3) is 0.0588. The average molecular weight is 356 g/mol. The van der Waals surface area contributed by atoms with Crippen LogP contribution in [-0.2, 0) is 9.53 Å². The molecule has 120 valence electrons. The number of methoxy groups -OCH3 is 1. The summed E-state index contributed by atoms with van der Waals surface area (Å²) < 4.78 is 5.15. The zero-order valence-electron chi connectivity index (χ0n) is 12.6. The van der Waals surface area contributed by atoms with Crippen molar-refractivity contribution < 1.29 is 14.3 Å². The van der Waals surface area contributed by atoms with Gasteiger partial charge in [-0.25, -0.2) is 4.79 Å². The van der Waals surface area contributed by atoms with Crippen LogP contribution in [0, 0.1) is 0 Å². The van der Waals surface area contributed by atoms with Crippen LogP contribution in [0.1, 0.15) is 15.9 Å². The van der Waals surface area contributed by atoms with E-state index < -0.39 is 5.97 Å². The molecule has 2 aromatic rings. The van der Waals surface area contributed by atoms with Crippen molar-refractivity contribution in [3.63, 3.8) is 0 Å². The number of benzene rings is 1. The molecule has 1 aromatic carbocycles. The number of carbonyl (C=O) groups is 2. The lowest BCUT2D eigenvalue weighted by Gasteiger charge is -2.17. The van der Waals surface area contributed by atoms with Gasteiger partial charge in [0.1, 0.15) is 0 Å². The number of amides is 1. The number of hydrogen-bond acceptors (Lipinski definition) is 6. The molecule has 5 nitrogen and oxygen atoms in total. The Morgan fingerprint density at radius 1 is 1.25 bits per heavy atom. The van der Waals surface area contributed by atoms with Crippen molar-refractivity contribution in [2.75, 3.05) is 12.0 Å². The number of thioether (sulfide) groups is 1. The first-order chi connectivity index (χ1) is 11.6. The molecular formula is C17H12N2O3S2. The van der Waals surface area contributed by atoms with Crippen molar-refractivity contribution in [1.29, 1.82) is 0 Å². The largest absolute Gasteiger partial charge is 0.465 e. The lowest BCUT2D eigenvalue weighted by molar-refractivity contribution is -0.113. The third kappa shape index (κ3) is 3.08. The molecule has 0 N–H and O–H groups in total. The van der Waals surface area contributed by atoms with E-state index in [1.165, 1.54) is 23.8 Å². The molecule has 3 rings (SSSR count). The van der Waals surface area contributed by atoms with Gasteiger partial charge in [-0.15, -0.1) is 0 Å². The second kappa shape index (κ2) is 6.94. The number of thiocarbonyl (C=S) groups is 1. The van der Waals surface area contributed by atoms with Gasteiger partial charge in [-0.1, -0.05) is 36.1 Å². The monoisotopic (exact) mass is 356 g/mol. The van der Waals surface area contributed by atoms with Gasteiger partial charge in [0.05, 0.1) is 23.3 Å². The van der Waals surface area contributed by atoms with E-state index in [1.54, 1.807) is 54.9 Å². The topological polar surface area (TPSA) is 59.5 Å². The van der Waals surface area contributed by atoms with Gasteiger partial charge < -0.3 is 4.74 Å². The van der Waals surface area contributed by atoms with Crippen LogP contribution in [0.25, 0.3) is 6.08 Å². The minimum atomic E-state index is -0.516. The highest BCUT2D eigenvalue weighted by molar-refractivity contribution is 8.27. The van der Waals surface area contributed by atoms with Crippen LogP contribution in [0.4, 0.5) is 5.69 Å². The number of carbonyl (C=O) groups excluding carboxylic acids is 2. The number of ether oxygens (including phenoxy) is 1. The van der Waals surface area contributed by atoms with Crippen LogP contribution in [0.2, 0.25) is 0 Å². The predicted molar refractivity (Wildman–Crippen MR) is 97.7 cm³/mol. The summed E-state index contributed by atoms with van der Waals surface area (Å²) in [6.45, 7) is 0. The molecule has 0 radical (unpaired) electrons. The smallest absolute Gasteiger partial charge is 0.339 e. The second-order valence-electron chi connectivity index (χ2n) is 4.81. The summed E-state index contributed by atoms with van der Waals surface area (Å²) in [7, 11) is 1.30. The Hall–Kier alpha value is -2.51. The maximum atomic E-state index is 12.8. The maximum Gasteiger partial charge on any atom is 0.339 e. The van der Waals surface area contributed by atoms with Crippen LogP contribution in [0.15, 0.2) is 53.7 Å². The van der Waals surface area contributed by atoms with Gasteiger partial charge in [-0.05, 0) is 35.9 Å². The Labute approximate surface area is 148 Å². The Bertz CT molecular complexity index is 850. The Kier molecular flexibility index (Phi) is 4.73. The quantitative estimate of drug-likeness (QED) is 0.478. The third-order valence-corrected chi connectivity index (χ3v) is 4.65. The number of aromatic nitrogens is 1. The van der Waals surface area contributed by atoms with Gasteiger partial charge in [0.2, 0.25) is 0 Å². The Morgan fingerprint density at radius 2 is 1.96 bits per heavy atom. The molecule has 24 heavy (non-hydrogen) atoms. The molecule has 0 atom stereocenters. The molecule has 1 amide bonds. The zero-order valence-corrected chi connectivity index (χ0v) is 14.3. The molecule has 0 saturated carbocycles. The van der Waals surface area contributed by atoms with Crippen molar-refractivity contribution >= 4 is 51.9 Å². The van der Waals surface area contributed by atoms with Crippen LogP contribution in [0.5, 0.6) is 0 Å². The van der Waals surface area contributed by atoms with Gasteiger partial charge in [0.25, 0.3) is 5.91 Å². The van der Waals surface area contributed by atoms with E-state index in [2.05, 4.69) is 4.98 Å². The molecule has 1 fully saturated rings. The number of pyridine rings is 1. The van der Waals surface area contributed by atoms with Crippen LogP contribution in [-0.4, -0.2) is 28.3 Å². The SMILES string of the molecule is COC(=O)c1ccccc1N1C(=O)/C(=C/c2ccncc2)SC1=S. The Balaban J connectivity index is 1.99. The molecule has 0 spiro atoms. The molecule has 1 aromatic heterocycles. The van der Waals surface area contributed by atoms with Crippen molar-refractivity contribution in [2.45, 2.75) is 0 Å². The van der Waals surface area contributed by atoms with E-state index in [-0.39, 0.29) is 5.91 Å². The highest BCUT2D eigenvalue weighted by atomic mass is 32.2. The van der Waals surface area contributed by atoms with E-state index in [4.69, 9.17) is 17.0 Å².